The van der Waals surface area contributed by atoms with Crippen molar-refractivity contribution >= 4 is 23.6 Å². The number of carbonyl (C=O) groups is 1. The second kappa shape index (κ2) is 5.31. The summed E-state index contributed by atoms with van der Waals surface area (Å²) in [6.07, 6.45) is 5.36. The Morgan fingerprint density at radius 1 is 1.39 bits per heavy atom. The first-order valence-corrected chi connectivity index (χ1v) is 7.36. The van der Waals surface area contributed by atoms with Gasteiger partial charge in [0.1, 0.15) is 5.78 Å². The van der Waals surface area contributed by atoms with Gasteiger partial charge in [-0.2, -0.15) is 11.8 Å². The highest BCUT2D eigenvalue weighted by atomic mass is 32.2. The van der Waals surface area contributed by atoms with Gasteiger partial charge < -0.3 is 0 Å². The van der Waals surface area contributed by atoms with E-state index in [4.69, 9.17) is 0 Å². The molecule has 0 saturated carbocycles. The first-order chi connectivity index (χ1) is 8.52. The third-order valence-electron chi connectivity index (χ3n) is 4.01. The molecule has 0 spiro atoms. The molecule has 1 heterocycles. The second-order valence-electron chi connectivity index (χ2n) is 5.26. The third-order valence-corrected chi connectivity index (χ3v) is 5.61. The quantitative estimate of drug-likeness (QED) is 0.810. The molecule has 0 unspecified atom stereocenters. The fraction of sp³-hybridized carbons (Fsp3) is 0.438. The van der Waals surface area contributed by atoms with E-state index < -0.39 is 0 Å². The molecule has 0 aliphatic carbocycles. The van der Waals surface area contributed by atoms with E-state index >= 15 is 0 Å². The summed E-state index contributed by atoms with van der Waals surface area (Å²) in [5.74, 6) is 0.318. The SMILES string of the molecule is CC(=O)[C@@]1(C)C[C@@H](/C=C/c2ccccc2)S[C@H]1C. The molecule has 1 fully saturated rings. The molecule has 1 aliphatic heterocycles. The highest BCUT2D eigenvalue weighted by molar-refractivity contribution is 8.01. The summed E-state index contributed by atoms with van der Waals surface area (Å²) < 4.78 is 0. The van der Waals surface area contributed by atoms with Crippen LogP contribution in [0, 0.1) is 5.41 Å². The standard InChI is InChI=1S/C16H20OS/c1-12(17)16(3)11-15(18-13(16)2)10-9-14-7-5-4-6-8-14/h4-10,13,15H,11H2,1-3H3/b10-9+/t13-,15+,16+/m0/s1. The van der Waals surface area contributed by atoms with Gasteiger partial charge in [-0.1, -0.05) is 56.3 Å². The van der Waals surface area contributed by atoms with Crippen LogP contribution < -0.4 is 0 Å². The van der Waals surface area contributed by atoms with E-state index in [0.29, 0.717) is 16.3 Å². The topological polar surface area (TPSA) is 17.1 Å². The van der Waals surface area contributed by atoms with Crippen LogP contribution in [-0.4, -0.2) is 16.3 Å². The number of carbonyl (C=O) groups excluding carboxylic acids is 1. The minimum atomic E-state index is -0.156. The molecule has 96 valence electrons. The van der Waals surface area contributed by atoms with Crippen LogP contribution >= 0.6 is 11.8 Å². The van der Waals surface area contributed by atoms with Crippen molar-refractivity contribution in [1.82, 2.24) is 0 Å². The largest absolute Gasteiger partial charge is 0.299 e. The predicted octanol–water partition coefficient (Wildman–Crippen LogP) is 4.19. The van der Waals surface area contributed by atoms with Crippen LogP contribution in [0.15, 0.2) is 36.4 Å². The Labute approximate surface area is 114 Å². The molecule has 1 saturated heterocycles. The number of hydrogen-bond acceptors (Lipinski definition) is 2. The molecule has 2 heteroatoms. The van der Waals surface area contributed by atoms with Gasteiger partial charge in [-0.3, -0.25) is 4.79 Å². The molecule has 0 radical (unpaired) electrons. The lowest BCUT2D eigenvalue weighted by molar-refractivity contribution is -0.125. The molecule has 0 N–H and O–H groups in total. The fourth-order valence-electron chi connectivity index (χ4n) is 2.37. The smallest absolute Gasteiger partial charge is 0.136 e. The summed E-state index contributed by atoms with van der Waals surface area (Å²) in [7, 11) is 0. The Kier molecular flexibility index (Phi) is 3.96. The van der Waals surface area contributed by atoms with Crippen molar-refractivity contribution in [2.75, 3.05) is 0 Å². The normalized spacial score (nSPS) is 31.9. The van der Waals surface area contributed by atoms with Crippen molar-refractivity contribution in [3.05, 3.63) is 42.0 Å². The molecule has 18 heavy (non-hydrogen) atoms. The van der Waals surface area contributed by atoms with Gasteiger partial charge in [0.15, 0.2) is 0 Å². The van der Waals surface area contributed by atoms with E-state index in [1.54, 1.807) is 6.92 Å². The maximum atomic E-state index is 11.8. The molecule has 0 aromatic heterocycles. The molecule has 1 aromatic carbocycles. The van der Waals surface area contributed by atoms with Crippen LogP contribution in [0.5, 0.6) is 0 Å². The zero-order valence-corrected chi connectivity index (χ0v) is 12.0. The van der Waals surface area contributed by atoms with Crippen molar-refractivity contribution in [1.29, 1.82) is 0 Å². The van der Waals surface area contributed by atoms with E-state index in [0.717, 1.165) is 6.42 Å². The minimum Gasteiger partial charge on any atom is -0.299 e. The van der Waals surface area contributed by atoms with Crippen molar-refractivity contribution in [3.63, 3.8) is 0 Å². The second-order valence-corrected chi connectivity index (χ2v) is 6.85. The molecule has 3 atom stereocenters. The molecule has 1 aliphatic rings. The van der Waals surface area contributed by atoms with Crippen molar-refractivity contribution in [2.24, 2.45) is 5.41 Å². The highest BCUT2D eigenvalue weighted by Gasteiger charge is 2.44. The Morgan fingerprint density at radius 3 is 2.61 bits per heavy atom. The monoisotopic (exact) mass is 260 g/mol. The summed E-state index contributed by atoms with van der Waals surface area (Å²) >= 11 is 1.91. The Bertz CT molecular complexity index is 451. The first kappa shape index (κ1) is 13.4. The van der Waals surface area contributed by atoms with Crippen molar-refractivity contribution in [3.8, 4) is 0 Å². The number of thioether (sulfide) groups is 1. The molecule has 0 amide bonds. The molecule has 0 bridgehead atoms. The zero-order valence-electron chi connectivity index (χ0n) is 11.2. The van der Waals surface area contributed by atoms with Crippen LogP contribution in [0.1, 0.15) is 32.8 Å². The van der Waals surface area contributed by atoms with Gasteiger partial charge in [0.2, 0.25) is 0 Å². The number of hydrogen-bond donors (Lipinski definition) is 0. The highest BCUT2D eigenvalue weighted by Crippen LogP contribution is 2.48. The average Bonchev–Trinajstić information content (AvgIpc) is 2.65. The van der Waals surface area contributed by atoms with E-state index in [2.05, 4.69) is 38.1 Å². The van der Waals surface area contributed by atoms with E-state index in [1.165, 1.54) is 5.56 Å². The van der Waals surface area contributed by atoms with E-state index in [9.17, 15) is 4.79 Å². The zero-order chi connectivity index (χ0) is 13.2. The lowest BCUT2D eigenvalue weighted by atomic mass is 9.79. The van der Waals surface area contributed by atoms with Crippen molar-refractivity contribution < 1.29 is 4.79 Å². The lowest BCUT2D eigenvalue weighted by Gasteiger charge is -2.24. The number of benzene rings is 1. The average molecular weight is 260 g/mol. The van der Waals surface area contributed by atoms with Crippen molar-refractivity contribution in [2.45, 2.75) is 37.7 Å². The van der Waals surface area contributed by atoms with Gasteiger partial charge in [0.25, 0.3) is 0 Å². The maximum absolute atomic E-state index is 11.8. The first-order valence-electron chi connectivity index (χ1n) is 6.42. The summed E-state index contributed by atoms with van der Waals surface area (Å²) in [5.41, 5.74) is 1.07. The lowest BCUT2D eigenvalue weighted by Crippen LogP contribution is -2.30. The Morgan fingerprint density at radius 2 is 2.06 bits per heavy atom. The summed E-state index contributed by atoms with van der Waals surface area (Å²) in [5, 5.41) is 0.856. The third kappa shape index (κ3) is 2.69. The van der Waals surface area contributed by atoms with Crippen LogP contribution in [-0.2, 0) is 4.79 Å². The van der Waals surface area contributed by atoms with Crippen LogP contribution in [0.3, 0.4) is 0 Å². The molecular formula is C16H20OS. The molecular weight excluding hydrogens is 240 g/mol. The fourth-order valence-corrected chi connectivity index (χ4v) is 4.07. The summed E-state index contributed by atoms with van der Waals surface area (Å²) in [4.78, 5) is 11.8. The van der Waals surface area contributed by atoms with Gasteiger partial charge in [0, 0.05) is 15.9 Å². The van der Waals surface area contributed by atoms with Gasteiger partial charge in [-0.15, -0.1) is 0 Å². The minimum absolute atomic E-state index is 0.156. The number of rotatable bonds is 3. The van der Waals surface area contributed by atoms with E-state index in [1.807, 2.05) is 30.0 Å². The maximum Gasteiger partial charge on any atom is 0.136 e. The molecule has 1 aromatic rings. The summed E-state index contributed by atoms with van der Waals surface area (Å²) in [6, 6.07) is 10.3. The molecule has 2 rings (SSSR count). The molecule has 1 nitrogen and oxygen atoms in total. The number of Topliss-reactive ketones (excluding diaryl/α,β-unsaturated/α-hetero) is 1. The Hall–Kier alpha value is -1.02. The van der Waals surface area contributed by atoms with Crippen LogP contribution in [0.4, 0.5) is 0 Å². The van der Waals surface area contributed by atoms with Crippen LogP contribution in [0.25, 0.3) is 6.08 Å². The Balaban J connectivity index is 2.06. The summed E-state index contributed by atoms with van der Waals surface area (Å²) in [6.45, 7) is 5.99. The van der Waals surface area contributed by atoms with Gasteiger partial charge in [0.05, 0.1) is 0 Å². The predicted molar refractivity (Wildman–Crippen MR) is 79.7 cm³/mol. The van der Waals surface area contributed by atoms with Gasteiger partial charge >= 0.3 is 0 Å². The van der Waals surface area contributed by atoms with Gasteiger partial charge in [-0.05, 0) is 18.9 Å². The number of ketones is 1. The van der Waals surface area contributed by atoms with E-state index in [-0.39, 0.29) is 5.41 Å². The van der Waals surface area contributed by atoms with Crippen LogP contribution in [0.2, 0.25) is 0 Å². The van der Waals surface area contributed by atoms with Gasteiger partial charge in [-0.25, -0.2) is 0 Å².